The lowest BCUT2D eigenvalue weighted by Crippen LogP contribution is -2.29. The largest absolute Gasteiger partial charge is 0.504 e. The molecule has 5 heteroatoms. The fourth-order valence-corrected chi connectivity index (χ4v) is 2.52. The van der Waals surface area contributed by atoms with E-state index in [0.29, 0.717) is 12.5 Å². The van der Waals surface area contributed by atoms with Crippen molar-refractivity contribution in [3.8, 4) is 5.75 Å². The zero-order valence-corrected chi connectivity index (χ0v) is 11.2. The second-order valence-electron chi connectivity index (χ2n) is 5.26. The Morgan fingerprint density at radius 3 is 2.74 bits per heavy atom. The number of aromatic nitrogens is 1. The lowest BCUT2D eigenvalue weighted by molar-refractivity contribution is -0.121. The lowest BCUT2D eigenvalue weighted by atomic mass is 9.81. The maximum atomic E-state index is 12.1. The predicted octanol–water partition coefficient (Wildman–Crippen LogP) is 1.80. The van der Waals surface area contributed by atoms with Gasteiger partial charge in [-0.05, 0) is 57.2 Å². The molecule has 4 N–H and O–H groups in total. The Hall–Kier alpha value is -1.62. The van der Waals surface area contributed by atoms with Gasteiger partial charge in [-0.1, -0.05) is 0 Å². The summed E-state index contributed by atoms with van der Waals surface area (Å²) >= 11 is 0. The van der Waals surface area contributed by atoms with Crippen LogP contribution in [0.4, 0.5) is 5.82 Å². The van der Waals surface area contributed by atoms with E-state index in [2.05, 4.69) is 10.3 Å². The van der Waals surface area contributed by atoms with Crippen LogP contribution >= 0.6 is 0 Å². The van der Waals surface area contributed by atoms with Gasteiger partial charge >= 0.3 is 0 Å². The topological polar surface area (TPSA) is 88.2 Å². The molecule has 1 aromatic rings. The standard InChI is InChI=1S/C14H21N3O2/c1-9-2-7-12(18)13(16-9)17-14(19)11-5-3-10(8-15)4-6-11/h2,7,10-11,18H,3-6,8,15H2,1H3,(H,16,17,19). The van der Waals surface area contributed by atoms with Crippen LogP contribution in [-0.4, -0.2) is 22.5 Å². The van der Waals surface area contributed by atoms with E-state index in [1.165, 1.54) is 0 Å². The van der Waals surface area contributed by atoms with Gasteiger partial charge in [0.05, 0.1) is 0 Å². The average Bonchev–Trinajstić information content (AvgIpc) is 2.43. The van der Waals surface area contributed by atoms with E-state index in [9.17, 15) is 9.90 Å². The number of hydrogen-bond donors (Lipinski definition) is 3. The zero-order chi connectivity index (χ0) is 13.8. The number of rotatable bonds is 3. The molecule has 1 heterocycles. The highest BCUT2D eigenvalue weighted by molar-refractivity contribution is 5.92. The fourth-order valence-electron chi connectivity index (χ4n) is 2.52. The summed E-state index contributed by atoms with van der Waals surface area (Å²) in [6.45, 7) is 2.52. The van der Waals surface area contributed by atoms with Crippen molar-refractivity contribution in [1.29, 1.82) is 0 Å². The number of nitrogens with one attached hydrogen (secondary N) is 1. The van der Waals surface area contributed by atoms with Gasteiger partial charge in [0.15, 0.2) is 11.6 Å². The van der Waals surface area contributed by atoms with E-state index in [4.69, 9.17) is 5.73 Å². The van der Waals surface area contributed by atoms with Crippen molar-refractivity contribution in [2.75, 3.05) is 11.9 Å². The first-order valence-corrected chi connectivity index (χ1v) is 6.77. The molecular weight excluding hydrogens is 242 g/mol. The SMILES string of the molecule is Cc1ccc(O)c(NC(=O)C2CCC(CN)CC2)n1. The predicted molar refractivity (Wildman–Crippen MR) is 73.8 cm³/mol. The van der Waals surface area contributed by atoms with E-state index < -0.39 is 0 Å². The molecule has 0 saturated heterocycles. The van der Waals surface area contributed by atoms with Crippen molar-refractivity contribution in [3.63, 3.8) is 0 Å². The summed E-state index contributed by atoms with van der Waals surface area (Å²) in [7, 11) is 0. The van der Waals surface area contributed by atoms with Gasteiger partial charge in [-0.3, -0.25) is 4.79 Å². The number of nitrogens with two attached hydrogens (primary N) is 1. The van der Waals surface area contributed by atoms with Crippen LogP contribution in [0.25, 0.3) is 0 Å². The normalized spacial score (nSPS) is 23.1. The molecule has 1 amide bonds. The fraction of sp³-hybridized carbons (Fsp3) is 0.571. The highest BCUT2D eigenvalue weighted by Crippen LogP contribution is 2.29. The minimum absolute atomic E-state index is 0.00418. The number of nitrogens with zero attached hydrogens (tertiary/aromatic N) is 1. The second kappa shape index (κ2) is 6.02. The quantitative estimate of drug-likeness (QED) is 0.776. The maximum absolute atomic E-state index is 12.1. The first-order valence-electron chi connectivity index (χ1n) is 6.77. The molecule has 5 nitrogen and oxygen atoms in total. The smallest absolute Gasteiger partial charge is 0.228 e. The first kappa shape index (κ1) is 13.8. The number of carbonyl (C=O) groups excluding carboxylic acids is 1. The summed E-state index contributed by atoms with van der Waals surface area (Å²) < 4.78 is 0. The molecule has 0 atom stereocenters. The molecule has 19 heavy (non-hydrogen) atoms. The maximum Gasteiger partial charge on any atom is 0.228 e. The summed E-state index contributed by atoms with van der Waals surface area (Å²) in [6.07, 6.45) is 3.73. The summed E-state index contributed by atoms with van der Waals surface area (Å²) in [5.41, 5.74) is 6.41. The molecular formula is C14H21N3O2. The molecule has 0 aliphatic heterocycles. The highest BCUT2D eigenvalue weighted by Gasteiger charge is 2.26. The third-order valence-electron chi connectivity index (χ3n) is 3.81. The van der Waals surface area contributed by atoms with E-state index in [-0.39, 0.29) is 23.4 Å². The number of carbonyl (C=O) groups is 1. The number of aromatic hydroxyl groups is 1. The third kappa shape index (κ3) is 3.44. The number of anilines is 1. The van der Waals surface area contributed by atoms with Gasteiger partial charge in [0.25, 0.3) is 0 Å². The molecule has 1 aromatic heterocycles. The molecule has 1 saturated carbocycles. The van der Waals surface area contributed by atoms with Crippen molar-refractivity contribution in [3.05, 3.63) is 17.8 Å². The second-order valence-corrected chi connectivity index (χ2v) is 5.26. The lowest BCUT2D eigenvalue weighted by Gasteiger charge is -2.26. The third-order valence-corrected chi connectivity index (χ3v) is 3.81. The van der Waals surface area contributed by atoms with Crippen molar-refractivity contribution >= 4 is 11.7 Å². The molecule has 1 aliphatic carbocycles. The number of aryl methyl sites for hydroxylation is 1. The van der Waals surface area contributed by atoms with Crippen LogP contribution < -0.4 is 11.1 Å². The van der Waals surface area contributed by atoms with Crippen molar-refractivity contribution in [2.24, 2.45) is 17.6 Å². The van der Waals surface area contributed by atoms with Gasteiger partial charge < -0.3 is 16.2 Å². The van der Waals surface area contributed by atoms with Crippen LogP contribution in [0.5, 0.6) is 5.75 Å². The Balaban J connectivity index is 1.96. The van der Waals surface area contributed by atoms with E-state index in [1.807, 2.05) is 6.92 Å². The van der Waals surface area contributed by atoms with Crippen LogP contribution in [-0.2, 0) is 4.79 Å². The van der Waals surface area contributed by atoms with Crippen LogP contribution in [0, 0.1) is 18.8 Å². The summed E-state index contributed by atoms with van der Waals surface area (Å²) in [5, 5.41) is 12.4. The van der Waals surface area contributed by atoms with Crippen molar-refractivity contribution in [1.82, 2.24) is 4.98 Å². The summed E-state index contributed by atoms with van der Waals surface area (Å²) in [6, 6.07) is 3.25. The van der Waals surface area contributed by atoms with Gasteiger partial charge in [0.1, 0.15) is 0 Å². The van der Waals surface area contributed by atoms with Crippen molar-refractivity contribution in [2.45, 2.75) is 32.6 Å². The number of hydrogen-bond acceptors (Lipinski definition) is 4. The van der Waals surface area contributed by atoms with Gasteiger partial charge in [0.2, 0.25) is 5.91 Å². The van der Waals surface area contributed by atoms with Crippen LogP contribution in [0.3, 0.4) is 0 Å². The Kier molecular flexibility index (Phi) is 4.37. The van der Waals surface area contributed by atoms with Gasteiger partial charge in [-0.2, -0.15) is 0 Å². The molecule has 0 unspecified atom stereocenters. The number of pyridine rings is 1. The monoisotopic (exact) mass is 263 g/mol. The van der Waals surface area contributed by atoms with Crippen LogP contribution in [0.15, 0.2) is 12.1 Å². The van der Waals surface area contributed by atoms with E-state index in [0.717, 1.165) is 31.4 Å². The Morgan fingerprint density at radius 1 is 1.42 bits per heavy atom. The molecule has 0 spiro atoms. The van der Waals surface area contributed by atoms with Crippen LogP contribution in [0.2, 0.25) is 0 Å². The number of amides is 1. The van der Waals surface area contributed by atoms with E-state index >= 15 is 0 Å². The molecule has 1 fully saturated rings. The summed E-state index contributed by atoms with van der Waals surface area (Å²) in [4.78, 5) is 16.3. The molecule has 104 valence electrons. The average molecular weight is 263 g/mol. The zero-order valence-electron chi connectivity index (χ0n) is 11.2. The van der Waals surface area contributed by atoms with Gasteiger partial charge in [-0.15, -0.1) is 0 Å². The van der Waals surface area contributed by atoms with Crippen molar-refractivity contribution < 1.29 is 9.90 Å². The van der Waals surface area contributed by atoms with Crippen LogP contribution in [0.1, 0.15) is 31.4 Å². The van der Waals surface area contributed by atoms with Gasteiger partial charge in [-0.25, -0.2) is 4.98 Å². The Bertz CT molecular complexity index is 454. The molecule has 2 rings (SSSR count). The Morgan fingerprint density at radius 2 is 2.11 bits per heavy atom. The molecule has 0 bridgehead atoms. The highest BCUT2D eigenvalue weighted by atomic mass is 16.3. The first-order chi connectivity index (χ1) is 9.10. The minimum Gasteiger partial charge on any atom is -0.504 e. The Labute approximate surface area is 113 Å². The van der Waals surface area contributed by atoms with E-state index in [1.54, 1.807) is 12.1 Å². The minimum atomic E-state index is -0.0520. The van der Waals surface area contributed by atoms with Gasteiger partial charge in [0, 0.05) is 11.6 Å². The molecule has 1 aliphatic rings. The summed E-state index contributed by atoms with van der Waals surface area (Å²) in [5.74, 6) is 0.767. The molecule has 0 radical (unpaired) electrons. The molecule has 0 aromatic carbocycles.